The number of phenolic OH excluding ortho intramolecular Hbond substituents is 1. The van der Waals surface area contributed by atoms with E-state index in [4.69, 9.17) is 23.8 Å². The number of phenols is 1. The fraction of sp³-hybridized carbons (Fsp3) is 0.273. The van der Waals surface area contributed by atoms with Crippen molar-refractivity contribution in [2.45, 2.75) is 38.4 Å². The average Bonchev–Trinajstić information content (AvgIpc) is 3.29. The predicted octanol–water partition coefficient (Wildman–Crippen LogP) is 5.17. The Morgan fingerprint density at radius 3 is 2.62 bits per heavy atom. The van der Waals surface area contributed by atoms with Crippen molar-refractivity contribution in [3.05, 3.63) is 77.3 Å². The van der Waals surface area contributed by atoms with Crippen LogP contribution in [0, 0.1) is 0 Å². The van der Waals surface area contributed by atoms with Crippen LogP contribution in [0.2, 0.25) is 5.02 Å². The van der Waals surface area contributed by atoms with Crippen LogP contribution in [-0.2, 0) is 5.54 Å². The van der Waals surface area contributed by atoms with Gasteiger partial charge in [0, 0.05) is 29.2 Å². The molecule has 0 unspecified atom stereocenters. The lowest BCUT2D eigenvalue weighted by atomic mass is 9.98. The minimum atomic E-state index is -0.189. The van der Waals surface area contributed by atoms with E-state index in [2.05, 4.69) is 54.1 Å². The number of hydrogen-bond acceptors (Lipinski definition) is 3. The third-order valence-corrected chi connectivity index (χ3v) is 5.68. The van der Waals surface area contributed by atoms with Crippen LogP contribution in [-0.4, -0.2) is 19.8 Å². The molecule has 0 saturated carbocycles. The zero-order valence-corrected chi connectivity index (χ0v) is 18.1. The summed E-state index contributed by atoms with van der Waals surface area (Å²) in [6.45, 7) is 6.47. The fourth-order valence-corrected chi connectivity index (χ4v) is 4.15. The number of nitrogens with one attached hydrogen (secondary N) is 1. The van der Waals surface area contributed by atoms with Gasteiger partial charge in [-0.2, -0.15) is 0 Å². The smallest absolute Gasteiger partial charge is 0.174 e. The van der Waals surface area contributed by atoms with E-state index in [-0.39, 0.29) is 23.4 Å². The highest BCUT2D eigenvalue weighted by Crippen LogP contribution is 2.45. The Balaban J connectivity index is 1.86. The highest BCUT2D eigenvalue weighted by molar-refractivity contribution is 7.80. The normalized spacial score (nSPS) is 19.4. The Kier molecular flexibility index (Phi) is 5.00. The molecule has 0 aliphatic carbocycles. The maximum Gasteiger partial charge on any atom is 0.174 e. The molecule has 1 aliphatic rings. The average molecular weight is 427 g/mol. The molecule has 3 aromatic rings. The number of anilines is 1. The van der Waals surface area contributed by atoms with E-state index >= 15 is 0 Å². The lowest BCUT2D eigenvalue weighted by Crippen LogP contribution is -2.29. The largest absolute Gasteiger partial charge is 0.506 e. The van der Waals surface area contributed by atoms with Crippen LogP contribution in [0.25, 0.3) is 0 Å². The summed E-state index contributed by atoms with van der Waals surface area (Å²) in [6.07, 6.45) is 5.98. The second kappa shape index (κ2) is 7.35. The molecule has 0 spiro atoms. The summed E-state index contributed by atoms with van der Waals surface area (Å²) < 4.78 is 2.18. The predicted molar refractivity (Wildman–Crippen MR) is 120 cm³/mol. The van der Waals surface area contributed by atoms with Gasteiger partial charge in [0.05, 0.1) is 23.5 Å². The number of aromatic hydroxyl groups is 1. The van der Waals surface area contributed by atoms with E-state index in [0.717, 1.165) is 11.3 Å². The number of rotatable bonds is 3. The van der Waals surface area contributed by atoms with Crippen molar-refractivity contribution in [3.63, 3.8) is 0 Å². The molecule has 0 radical (unpaired) electrons. The minimum absolute atomic E-state index is 0.0473. The second-order valence-electron chi connectivity index (χ2n) is 8.15. The zero-order valence-electron chi connectivity index (χ0n) is 16.5. The number of aromatic nitrogens is 2. The van der Waals surface area contributed by atoms with Gasteiger partial charge in [0.1, 0.15) is 5.75 Å². The summed E-state index contributed by atoms with van der Waals surface area (Å²) in [5.41, 5.74) is 2.48. The Bertz CT molecular complexity index is 1040. The van der Waals surface area contributed by atoms with Crippen molar-refractivity contribution in [1.82, 2.24) is 14.9 Å². The van der Waals surface area contributed by atoms with Crippen molar-refractivity contribution in [2.75, 3.05) is 4.90 Å². The summed E-state index contributed by atoms with van der Waals surface area (Å²) in [5.74, 6) is 0.125. The first-order chi connectivity index (χ1) is 13.8. The third kappa shape index (κ3) is 3.70. The molecule has 4 rings (SSSR count). The van der Waals surface area contributed by atoms with Crippen molar-refractivity contribution in [1.29, 1.82) is 0 Å². The molecule has 1 aromatic carbocycles. The van der Waals surface area contributed by atoms with E-state index in [1.165, 1.54) is 0 Å². The van der Waals surface area contributed by atoms with Gasteiger partial charge in [-0.25, -0.2) is 0 Å². The number of thiocarbonyl (C=S) groups is 1. The van der Waals surface area contributed by atoms with Gasteiger partial charge in [-0.3, -0.25) is 4.98 Å². The standard InChI is InChI=1S/C22H23ClN4OS/c1-22(2,3)26-11-9-14(13-26)20-19(16-6-4-5-10-24-16)25-21(29)27(20)17-12-15(23)7-8-18(17)28/h4-13,19-20,28H,1-3H3,(H,25,29)/t19-,20+/m1/s1. The molecule has 2 aromatic heterocycles. The number of halogens is 1. The molecule has 1 fully saturated rings. The SMILES string of the molecule is CC(C)(C)n1ccc([C@H]2[C@@H](c3ccccn3)NC(=S)N2c2cc(Cl)ccc2O)c1. The molecular weight excluding hydrogens is 404 g/mol. The molecule has 0 bridgehead atoms. The Morgan fingerprint density at radius 1 is 1.17 bits per heavy atom. The Labute approximate surface area is 180 Å². The van der Waals surface area contributed by atoms with Gasteiger partial charge < -0.3 is 19.9 Å². The minimum Gasteiger partial charge on any atom is -0.506 e. The van der Waals surface area contributed by atoms with Crippen LogP contribution in [0.3, 0.4) is 0 Å². The van der Waals surface area contributed by atoms with Crippen molar-refractivity contribution in [3.8, 4) is 5.75 Å². The number of nitrogens with zero attached hydrogens (tertiary/aromatic N) is 3. The quantitative estimate of drug-likeness (QED) is 0.565. The molecule has 29 heavy (non-hydrogen) atoms. The van der Waals surface area contributed by atoms with Gasteiger partial charge in [0.15, 0.2) is 5.11 Å². The summed E-state index contributed by atoms with van der Waals surface area (Å²) >= 11 is 11.9. The Hall–Kier alpha value is -2.57. The van der Waals surface area contributed by atoms with Crippen LogP contribution < -0.4 is 10.2 Å². The van der Waals surface area contributed by atoms with E-state index < -0.39 is 0 Å². The van der Waals surface area contributed by atoms with E-state index in [1.54, 1.807) is 24.4 Å². The number of pyridine rings is 1. The first-order valence-corrected chi connectivity index (χ1v) is 10.2. The maximum absolute atomic E-state index is 10.6. The third-order valence-electron chi connectivity index (χ3n) is 5.13. The first kappa shape index (κ1) is 19.7. The second-order valence-corrected chi connectivity index (χ2v) is 8.98. The summed E-state index contributed by atoms with van der Waals surface area (Å²) in [5, 5.41) is 15.0. The highest BCUT2D eigenvalue weighted by Gasteiger charge is 2.42. The van der Waals surface area contributed by atoms with Crippen LogP contribution in [0.4, 0.5) is 5.69 Å². The van der Waals surface area contributed by atoms with Gasteiger partial charge in [0.2, 0.25) is 0 Å². The van der Waals surface area contributed by atoms with Crippen LogP contribution in [0.1, 0.15) is 44.1 Å². The molecule has 2 atom stereocenters. The summed E-state index contributed by atoms with van der Waals surface area (Å²) in [7, 11) is 0. The van der Waals surface area contributed by atoms with Crippen LogP contribution in [0.15, 0.2) is 61.1 Å². The lowest BCUT2D eigenvalue weighted by molar-refractivity contribution is 0.397. The molecule has 7 heteroatoms. The molecule has 1 aliphatic heterocycles. The van der Waals surface area contributed by atoms with E-state index in [9.17, 15) is 5.11 Å². The fourth-order valence-electron chi connectivity index (χ4n) is 3.65. The van der Waals surface area contributed by atoms with Crippen molar-refractivity contribution < 1.29 is 5.11 Å². The van der Waals surface area contributed by atoms with Crippen LogP contribution in [0.5, 0.6) is 5.75 Å². The Morgan fingerprint density at radius 2 is 1.97 bits per heavy atom. The monoisotopic (exact) mass is 426 g/mol. The van der Waals surface area contributed by atoms with E-state index in [0.29, 0.717) is 15.8 Å². The molecule has 150 valence electrons. The maximum atomic E-state index is 10.6. The van der Waals surface area contributed by atoms with Crippen molar-refractivity contribution >= 4 is 34.6 Å². The van der Waals surface area contributed by atoms with Gasteiger partial charge in [0.25, 0.3) is 0 Å². The van der Waals surface area contributed by atoms with Gasteiger partial charge in [-0.1, -0.05) is 17.7 Å². The van der Waals surface area contributed by atoms with E-state index in [1.807, 2.05) is 23.1 Å². The summed E-state index contributed by atoms with van der Waals surface area (Å²) in [6, 6.07) is 12.6. The molecule has 3 heterocycles. The molecule has 2 N–H and O–H groups in total. The number of benzene rings is 1. The van der Waals surface area contributed by atoms with Gasteiger partial charge in [-0.15, -0.1) is 0 Å². The zero-order chi connectivity index (χ0) is 20.8. The molecular formula is C22H23ClN4OS. The van der Waals surface area contributed by atoms with Crippen LogP contribution >= 0.6 is 23.8 Å². The summed E-state index contributed by atoms with van der Waals surface area (Å²) in [4.78, 5) is 6.48. The topological polar surface area (TPSA) is 53.3 Å². The van der Waals surface area contributed by atoms with Crippen molar-refractivity contribution in [2.24, 2.45) is 0 Å². The molecule has 0 amide bonds. The highest BCUT2D eigenvalue weighted by atomic mass is 35.5. The lowest BCUT2D eigenvalue weighted by Gasteiger charge is -2.28. The van der Waals surface area contributed by atoms with Gasteiger partial charge >= 0.3 is 0 Å². The molecule has 5 nitrogen and oxygen atoms in total. The molecule has 1 saturated heterocycles. The number of hydrogen-bond donors (Lipinski definition) is 2. The first-order valence-electron chi connectivity index (χ1n) is 9.43. The van der Waals surface area contributed by atoms with Gasteiger partial charge in [-0.05, 0) is 75.0 Å².